The molecular weight excluding hydrogens is 378 g/mol. The lowest BCUT2D eigenvalue weighted by molar-refractivity contribution is -0.122. The van der Waals surface area contributed by atoms with Crippen molar-refractivity contribution in [2.45, 2.75) is 39.7 Å². The Balaban J connectivity index is 1.35. The Morgan fingerprint density at radius 3 is 2.63 bits per heavy atom. The quantitative estimate of drug-likeness (QED) is 0.704. The number of pyridine rings is 1. The molecule has 0 fully saturated rings. The second kappa shape index (κ2) is 8.49. The van der Waals surface area contributed by atoms with Crippen LogP contribution in [0.2, 0.25) is 0 Å². The molecule has 30 heavy (non-hydrogen) atoms. The number of carbonyl (C=O) groups is 2. The zero-order valence-electron chi connectivity index (χ0n) is 17.3. The number of aryl methyl sites for hydroxylation is 3. The number of nitrogens with zero attached hydrogens (tertiary/aromatic N) is 4. The fourth-order valence-corrected chi connectivity index (χ4v) is 3.76. The first-order valence-corrected chi connectivity index (χ1v) is 10.2. The van der Waals surface area contributed by atoms with Crippen molar-refractivity contribution in [2.24, 2.45) is 0 Å². The summed E-state index contributed by atoms with van der Waals surface area (Å²) in [6.45, 7) is 5.38. The van der Waals surface area contributed by atoms with Gasteiger partial charge in [-0.15, -0.1) is 0 Å². The van der Waals surface area contributed by atoms with Crippen molar-refractivity contribution in [3.05, 3.63) is 59.9 Å². The number of fused-ring (bicyclic) bond motifs is 1. The van der Waals surface area contributed by atoms with Crippen molar-refractivity contribution in [2.75, 3.05) is 16.8 Å². The molecule has 0 saturated carbocycles. The van der Waals surface area contributed by atoms with Crippen molar-refractivity contribution in [3.8, 4) is 11.1 Å². The summed E-state index contributed by atoms with van der Waals surface area (Å²) >= 11 is 0. The molecule has 4 rings (SSSR count). The van der Waals surface area contributed by atoms with Crippen LogP contribution in [-0.2, 0) is 16.1 Å². The van der Waals surface area contributed by atoms with Crippen molar-refractivity contribution < 1.29 is 9.59 Å². The Labute approximate surface area is 175 Å². The Kier molecular flexibility index (Phi) is 5.61. The fraction of sp³-hybridized carbons (Fsp3) is 0.304. The van der Waals surface area contributed by atoms with Gasteiger partial charge in [-0.2, -0.15) is 5.10 Å². The minimum Gasteiger partial charge on any atom is -0.311 e. The third-order valence-electron chi connectivity index (χ3n) is 5.24. The van der Waals surface area contributed by atoms with E-state index < -0.39 is 0 Å². The lowest BCUT2D eigenvalue weighted by Gasteiger charge is -2.27. The van der Waals surface area contributed by atoms with E-state index in [4.69, 9.17) is 0 Å². The molecule has 2 amide bonds. The average molecular weight is 403 g/mol. The summed E-state index contributed by atoms with van der Waals surface area (Å²) in [5, 5.41) is 7.21. The van der Waals surface area contributed by atoms with Crippen LogP contribution in [0.4, 0.5) is 11.6 Å². The minimum atomic E-state index is -0.218. The van der Waals surface area contributed by atoms with E-state index in [2.05, 4.69) is 15.4 Å². The predicted molar refractivity (Wildman–Crippen MR) is 116 cm³/mol. The first-order valence-electron chi connectivity index (χ1n) is 10.2. The van der Waals surface area contributed by atoms with Crippen molar-refractivity contribution in [1.82, 2.24) is 14.8 Å². The molecule has 154 valence electrons. The standard InChI is InChI=1S/C23H25N5O2/c1-16-13-20(24-15-19(16)18-7-4-3-5-8-18)25-21(29)9-10-23(30)27-11-6-12-28-22(27)14-17(2)26-28/h3-5,7-8,13-15H,6,9-12H2,1-2H3,(H,24,25,29). The SMILES string of the molecule is Cc1cc2n(n1)CCCN2C(=O)CCC(=O)Nc1cc(C)c(-c2ccccc2)cn1. The summed E-state index contributed by atoms with van der Waals surface area (Å²) < 4.78 is 1.86. The van der Waals surface area contributed by atoms with E-state index in [1.54, 1.807) is 11.1 Å². The highest BCUT2D eigenvalue weighted by Gasteiger charge is 2.24. The normalized spacial score (nSPS) is 13.1. The first-order chi connectivity index (χ1) is 14.5. The number of benzene rings is 1. The van der Waals surface area contributed by atoms with Crippen LogP contribution in [0.3, 0.4) is 0 Å². The molecule has 0 bridgehead atoms. The van der Waals surface area contributed by atoms with E-state index in [0.717, 1.165) is 41.2 Å². The lowest BCUT2D eigenvalue weighted by Crippen LogP contribution is -2.37. The fourth-order valence-electron chi connectivity index (χ4n) is 3.76. The predicted octanol–water partition coefficient (Wildman–Crippen LogP) is 3.72. The molecule has 1 aliphatic heterocycles. The molecule has 3 aromatic rings. The summed E-state index contributed by atoms with van der Waals surface area (Å²) in [6.07, 6.45) is 2.90. The van der Waals surface area contributed by atoms with Crippen LogP contribution in [0.25, 0.3) is 11.1 Å². The molecule has 0 saturated heterocycles. The van der Waals surface area contributed by atoms with Gasteiger partial charge in [0.25, 0.3) is 0 Å². The molecule has 2 aromatic heterocycles. The molecule has 1 aromatic carbocycles. The maximum Gasteiger partial charge on any atom is 0.228 e. The third kappa shape index (κ3) is 4.25. The van der Waals surface area contributed by atoms with Crippen LogP contribution in [-0.4, -0.2) is 33.1 Å². The number of nitrogens with one attached hydrogen (secondary N) is 1. The molecule has 0 spiro atoms. The van der Waals surface area contributed by atoms with Crippen LogP contribution in [0.1, 0.15) is 30.5 Å². The van der Waals surface area contributed by atoms with E-state index in [-0.39, 0.29) is 24.7 Å². The van der Waals surface area contributed by atoms with Gasteiger partial charge >= 0.3 is 0 Å². The third-order valence-corrected chi connectivity index (χ3v) is 5.24. The van der Waals surface area contributed by atoms with Crippen LogP contribution >= 0.6 is 0 Å². The molecule has 0 unspecified atom stereocenters. The summed E-state index contributed by atoms with van der Waals surface area (Å²) in [5.74, 6) is 1.04. The summed E-state index contributed by atoms with van der Waals surface area (Å²) in [7, 11) is 0. The first kappa shape index (κ1) is 19.8. The molecule has 7 nitrogen and oxygen atoms in total. The van der Waals surface area contributed by atoms with Crippen LogP contribution in [0.5, 0.6) is 0 Å². The summed E-state index contributed by atoms with van der Waals surface area (Å²) in [5.41, 5.74) is 4.03. The smallest absolute Gasteiger partial charge is 0.228 e. The Bertz CT molecular complexity index is 1070. The average Bonchev–Trinajstić information content (AvgIpc) is 3.13. The van der Waals surface area contributed by atoms with Gasteiger partial charge < -0.3 is 5.32 Å². The molecule has 0 atom stereocenters. The van der Waals surface area contributed by atoms with Crippen LogP contribution in [0.15, 0.2) is 48.7 Å². The zero-order valence-corrected chi connectivity index (χ0v) is 17.3. The number of carbonyl (C=O) groups excluding carboxylic acids is 2. The van der Waals surface area contributed by atoms with Gasteiger partial charge in [0.15, 0.2) is 0 Å². The highest BCUT2D eigenvalue weighted by atomic mass is 16.2. The monoisotopic (exact) mass is 403 g/mol. The maximum atomic E-state index is 12.7. The van der Waals surface area contributed by atoms with Crippen molar-refractivity contribution in [3.63, 3.8) is 0 Å². The van der Waals surface area contributed by atoms with E-state index in [1.807, 2.05) is 61.0 Å². The van der Waals surface area contributed by atoms with Crippen molar-refractivity contribution >= 4 is 23.5 Å². The van der Waals surface area contributed by atoms with E-state index >= 15 is 0 Å². The Morgan fingerprint density at radius 2 is 1.87 bits per heavy atom. The van der Waals surface area contributed by atoms with Gasteiger partial charge in [-0.3, -0.25) is 14.5 Å². The molecule has 1 aliphatic rings. The van der Waals surface area contributed by atoms with Crippen LogP contribution in [0, 0.1) is 13.8 Å². The van der Waals surface area contributed by atoms with E-state index in [1.165, 1.54) is 0 Å². The number of hydrogen-bond donors (Lipinski definition) is 1. The second-order valence-corrected chi connectivity index (χ2v) is 7.56. The molecular formula is C23H25N5O2. The van der Waals surface area contributed by atoms with Gasteiger partial charge in [0, 0.05) is 43.8 Å². The molecule has 3 heterocycles. The number of aromatic nitrogens is 3. The van der Waals surface area contributed by atoms with E-state index in [9.17, 15) is 9.59 Å². The number of hydrogen-bond acceptors (Lipinski definition) is 4. The van der Waals surface area contributed by atoms with Crippen LogP contribution < -0.4 is 10.2 Å². The highest BCUT2D eigenvalue weighted by Crippen LogP contribution is 2.25. The Morgan fingerprint density at radius 1 is 1.07 bits per heavy atom. The van der Waals surface area contributed by atoms with Gasteiger partial charge in [-0.05, 0) is 37.5 Å². The summed E-state index contributed by atoms with van der Waals surface area (Å²) in [6, 6.07) is 13.8. The maximum absolute atomic E-state index is 12.7. The zero-order chi connectivity index (χ0) is 21.1. The number of anilines is 2. The number of amides is 2. The van der Waals surface area contributed by atoms with E-state index in [0.29, 0.717) is 12.4 Å². The molecule has 1 N–H and O–H groups in total. The second-order valence-electron chi connectivity index (χ2n) is 7.56. The van der Waals surface area contributed by atoms with Gasteiger partial charge in [0.05, 0.1) is 5.69 Å². The van der Waals surface area contributed by atoms with Gasteiger partial charge in [0.1, 0.15) is 11.6 Å². The van der Waals surface area contributed by atoms with Gasteiger partial charge in [-0.1, -0.05) is 30.3 Å². The van der Waals surface area contributed by atoms with Crippen molar-refractivity contribution in [1.29, 1.82) is 0 Å². The number of rotatable bonds is 5. The molecule has 0 radical (unpaired) electrons. The Hall–Kier alpha value is -3.48. The summed E-state index contributed by atoms with van der Waals surface area (Å²) in [4.78, 5) is 31.1. The molecule has 7 heteroatoms. The topological polar surface area (TPSA) is 80.1 Å². The highest BCUT2D eigenvalue weighted by molar-refractivity contribution is 5.97. The van der Waals surface area contributed by atoms with Gasteiger partial charge in [-0.25, -0.2) is 9.67 Å². The lowest BCUT2D eigenvalue weighted by atomic mass is 10.0. The van der Waals surface area contributed by atoms with Gasteiger partial charge in [0.2, 0.25) is 11.8 Å². The minimum absolute atomic E-state index is 0.0606. The largest absolute Gasteiger partial charge is 0.311 e. The molecule has 0 aliphatic carbocycles.